The summed E-state index contributed by atoms with van der Waals surface area (Å²) in [4.78, 5) is 4.72. The average Bonchev–Trinajstić information content (AvgIpc) is 2.81. The summed E-state index contributed by atoms with van der Waals surface area (Å²) >= 11 is 0. The van der Waals surface area contributed by atoms with E-state index in [0.717, 1.165) is 38.9 Å². The molecule has 2 N–H and O–H groups in total. The standard InChI is InChI=1S/C15H33N3O/c1-5-9-16-15(13-19)8-7-14(12-15)18(4)11-6-10-17(2)3/h14,16,19H,5-13H2,1-4H3. The van der Waals surface area contributed by atoms with Crippen molar-refractivity contribution in [1.82, 2.24) is 15.1 Å². The molecular weight excluding hydrogens is 238 g/mol. The van der Waals surface area contributed by atoms with Gasteiger partial charge in [-0.2, -0.15) is 0 Å². The van der Waals surface area contributed by atoms with Crippen LogP contribution in [0.4, 0.5) is 0 Å². The molecule has 4 heteroatoms. The van der Waals surface area contributed by atoms with Gasteiger partial charge in [0.1, 0.15) is 0 Å². The van der Waals surface area contributed by atoms with E-state index in [-0.39, 0.29) is 12.1 Å². The van der Waals surface area contributed by atoms with Crippen molar-refractivity contribution in [2.45, 2.75) is 50.6 Å². The topological polar surface area (TPSA) is 38.7 Å². The summed E-state index contributed by atoms with van der Waals surface area (Å²) in [6, 6.07) is 0.624. The normalized spacial score (nSPS) is 27.6. The van der Waals surface area contributed by atoms with Crippen LogP contribution in [-0.4, -0.2) is 73.9 Å². The van der Waals surface area contributed by atoms with Gasteiger partial charge < -0.3 is 20.2 Å². The number of nitrogens with one attached hydrogen (secondary N) is 1. The van der Waals surface area contributed by atoms with Gasteiger partial charge in [0.2, 0.25) is 0 Å². The van der Waals surface area contributed by atoms with Crippen molar-refractivity contribution in [3.8, 4) is 0 Å². The average molecular weight is 271 g/mol. The Morgan fingerprint density at radius 3 is 2.58 bits per heavy atom. The molecule has 0 saturated heterocycles. The van der Waals surface area contributed by atoms with Crippen molar-refractivity contribution in [2.75, 3.05) is 47.4 Å². The molecule has 4 nitrogen and oxygen atoms in total. The summed E-state index contributed by atoms with van der Waals surface area (Å²) in [5.41, 5.74) is -0.0174. The Labute approximate surface area is 119 Å². The van der Waals surface area contributed by atoms with Crippen molar-refractivity contribution in [3.63, 3.8) is 0 Å². The fourth-order valence-corrected chi connectivity index (χ4v) is 3.04. The number of hydrogen-bond acceptors (Lipinski definition) is 4. The van der Waals surface area contributed by atoms with Gasteiger partial charge in [-0.15, -0.1) is 0 Å². The summed E-state index contributed by atoms with van der Waals surface area (Å²) in [6.45, 7) is 5.76. The van der Waals surface area contributed by atoms with Gasteiger partial charge in [0.05, 0.1) is 6.61 Å². The summed E-state index contributed by atoms with van der Waals surface area (Å²) < 4.78 is 0. The third-order valence-corrected chi connectivity index (χ3v) is 4.37. The predicted molar refractivity (Wildman–Crippen MR) is 81.6 cm³/mol. The van der Waals surface area contributed by atoms with E-state index < -0.39 is 0 Å². The van der Waals surface area contributed by atoms with E-state index in [1.165, 1.54) is 12.8 Å². The molecular formula is C15H33N3O. The van der Waals surface area contributed by atoms with Crippen molar-refractivity contribution in [1.29, 1.82) is 0 Å². The minimum atomic E-state index is -0.0174. The highest BCUT2D eigenvalue weighted by molar-refractivity contribution is 4.98. The summed E-state index contributed by atoms with van der Waals surface area (Å²) in [6.07, 6.45) is 5.74. The van der Waals surface area contributed by atoms with Crippen LogP contribution in [0, 0.1) is 0 Å². The van der Waals surface area contributed by atoms with Crippen LogP contribution in [0.25, 0.3) is 0 Å². The lowest BCUT2D eigenvalue weighted by Gasteiger charge is -2.31. The first-order valence-electron chi connectivity index (χ1n) is 7.74. The summed E-state index contributed by atoms with van der Waals surface area (Å²) in [5.74, 6) is 0. The number of aliphatic hydroxyl groups excluding tert-OH is 1. The van der Waals surface area contributed by atoms with Crippen LogP contribution in [0.2, 0.25) is 0 Å². The maximum atomic E-state index is 9.70. The van der Waals surface area contributed by atoms with Gasteiger partial charge in [-0.05, 0) is 72.9 Å². The lowest BCUT2D eigenvalue weighted by Crippen LogP contribution is -2.48. The first kappa shape index (κ1) is 16.9. The van der Waals surface area contributed by atoms with Gasteiger partial charge in [0, 0.05) is 11.6 Å². The Bertz CT molecular complexity index is 248. The van der Waals surface area contributed by atoms with E-state index in [4.69, 9.17) is 0 Å². The van der Waals surface area contributed by atoms with Gasteiger partial charge >= 0.3 is 0 Å². The fraction of sp³-hybridized carbons (Fsp3) is 1.00. The molecule has 0 aliphatic heterocycles. The largest absolute Gasteiger partial charge is 0.394 e. The number of rotatable bonds is 9. The lowest BCUT2D eigenvalue weighted by atomic mass is 9.98. The zero-order valence-electron chi connectivity index (χ0n) is 13.3. The molecule has 1 aliphatic carbocycles. The van der Waals surface area contributed by atoms with Gasteiger partial charge in [0.25, 0.3) is 0 Å². The first-order valence-corrected chi connectivity index (χ1v) is 7.74. The molecule has 0 aromatic rings. The van der Waals surface area contributed by atoms with E-state index in [0.29, 0.717) is 6.04 Å². The Morgan fingerprint density at radius 2 is 2.00 bits per heavy atom. The number of hydrogen-bond donors (Lipinski definition) is 2. The van der Waals surface area contributed by atoms with Crippen LogP contribution < -0.4 is 5.32 Å². The molecule has 0 amide bonds. The summed E-state index contributed by atoms with van der Waals surface area (Å²) in [5, 5.41) is 13.3. The second-order valence-corrected chi connectivity index (χ2v) is 6.40. The van der Waals surface area contributed by atoms with E-state index in [2.05, 4.69) is 43.2 Å². The Morgan fingerprint density at radius 1 is 1.26 bits per heavy atom. The maximum absolute atomic E-state index is 9.70. The Balaban J connectivity index is 2.36. The van der Waals surface area contributed by atoms with Crippen LogP contribution in [0.5, 0.6) is 0 Å². The van der Waals surface area contributed by atoms with Gasteiger partial charge in [0.15, 0.2) is 0 Å². The highest BCUT2D eigenvalue weighted by Crippen LogP contribution is 2.32. The van der Waals surface area contributed by atoms with Crippen LogP contribution in [0.15, 0.2) is 0 Å². The SMILES string of the molecule is CCCNC1(CO)CCC(N(C)CCCN(C)C)C1. The quantitative estimate of drug-likeness (QED) is 0.660. The van der Waals surface area contributed by atoms with E-state index in [9.17, 15) is 5.11 Å². The monoisotopic (exact) mass is 271 g/mol. The molecule has 2 unspecified atom stereocenters. The maximum Gasteiger partial charge on any atom is 0.0613 e. The van der Waals surface area contributed by atoms with E-state index in [1.54, 1.807) is 0 Å². The van der Waals surface area contributed by atoms with E-state index >= 15 is 0 Å². The van der Waals surface area contributed by atoms with Crippen LogP contribution in [0.3, 0.4) is 0 Å². The zero-order chi connectivity index (χ0) is 14.3. The first-order chi connectivity index (χ1) is 9.03. The molecule has 0 heterocycles. The third kappa shape index (κ3) is 5.38. The van der Waals surface area contributed by atoms with Gasteiger partial charge in [-0.25, -0.2) is 0 Å². The van der Waals surface area contributed by atoms with Gasteiger partial charge in [-0.1, -0.05) is 6.92 Å². The molecule has 0 bridgehead atoms. The highest BCUT2D eigenvalue weighted by atomic mass is 16.3. The lowest BCUT2D eigenvalue weighted by molar-refractivity contribution is 0.149. The second kappa shape index (κ2) is 8.20. The minimum Gasteiger partial charge on any atom is -0.394 e. The number of aliphatic hydroxyl groups is 1. The fourth-order valence-electron chi connectivity index (χ4n) is 3.04. The summed E-state index contributed by atoms with van der Waals surface area (Å²) in [7, 11) is 6.48. The van der Waals surface area contributed by atoms with Crippen molar-refractivity contribution < 1.29 is 5.11 Å². The Hall–Kier alpha value is -0.160. The molecule has 2 atom stereocenters. The third-order valence-electron chi connectivity index (χ3n) is 4.37. The molecule has 1 saturated carbocycles. The van der Waals surface area contributed by atoms with Crippen molar-refractivity contribution >= 4 is 0 Å². The molecule has 0 aromatic heterocycles. The zero-order valence-corrected chi connectivity index (χ0v) is 13.3. The highest BCUT2D eigenvalue weighted by Gasteiger charge is 2.39. The molecule has 1 aliphatic rings. The molecule has 114 valence electrons. The molecule has 1 fully saturated rings. The molecule has 19 heavy (non-hydrogen) atoms. The Kier molecular flexibility index (Phi) is 7.29. The van der Waals surface area contributed by atoms with Crippen molar-refractivity contribution in [2.24, 2.45) is 0 Å². The number of nitrogens with zero attached hydrogens (tertiary/aromatic N) is 2. The van der Waals surface area contributed by atoms with Crippen LogP contribution in [0.1, 0.15) is 39.0 Å². The molecule has 1 rings (SSSR count). The van der Waals surface area contributed by atoms with Crippen LogP contribution >= 0.6 is 0 Å². The smallest absolute Gasteiger partial charge is 0.0613 e. The van der Waals surface area contributed by atoms with Crippen molar-refractivity contribution in [3.05, 3.63) is 0 Å². The van der Waals surface area contributed by atoms with Crippen LogP contribution in [-0.2, 0) is 0 Å². The second-order valence-electron chi connectivity index (χ2n) is 6.40. The predicted octanol–water partition coefficient (Wildman–Crippen LogP) is 1.15. The molecule has 0 aromatic carbocycles. The molecule has 0 radical (unpaired) electrons. The van der Waals surface area contributed by atoms with Gasteiger partial charge in [-0.3, -0.25) is 0 Å². The minimum absolute atomic E-state index is 0.0174. The molecule has 0 spiro atoms. The van der Waals surface area contributed by atoms with E-state index in [1.807, 2.05) is 0 Å².